The Morgan fingerprint density at radius 1 is 1.39 bits per heavy atom. The van der Waals surface area contributed by atoms with Gasteiger partial charge in [0.1, 0.15) is 6.54 Å². The number of amides is 2. The van der Waals surface area contributed by atoms with E-state index in [4.69, 9.17) is 5.11 Å². The Balaban J connectivity index is 2.73. The molecule has 1 aliphatic heterocycles. The van der Waals surface area contributed by atoms with E-state index in [0.717, 1.165) is 19.4 Å². The molecule has 0 aromatic heterocycles. The lowest BCUT2D eigenvalue weighted by Gasteiger charge is -2.40. The molecule has 1 saturated heterocycles. The molecule has 0 spiro atoms. The van der Waals surface area contributed by atoms with Crippen LogP contribution >= 0.6 is 0 Å². The standard InChI is InChI=1S/C13H24N2O3/c1-9(2)15(8-12(16)17)13(18)14-6-5-10(3)7-11(14)4/h9-11H,5-8H2,1-4H3,(H,16,17). The van der Waals surface area contributed by atoms with E-state index in [1.807, 2.05) is 25.7 Å². The third-order valence-electron chi connectivity index (χ3n) is 3.56. The lowest BCUT2D eigenvalue weighted by Crippen LogP contribution is -2.53. The van der Waals surface area contributed by atoms with Crippen molar-refractivity contribution in [2.45, 2.75) is 52.6 Å². The zero-order valence-corrected chi connectivity index (χ0v) is 11.7. The first kappa shape index (κ1) is 14.8. The predicted octanol–water partition coefficient (Wildman–Crippen LogP) is 2.02. The minimum atomic E-state index is -0.963. The van der Waals surface area contributed by atoms with Crippen molar-refractivity contribution in [3.63, 3.8) is 0 Å². The molecule has 5 heteroatoms. The highest BCUT2D eigenvalue weighted by atomic mass is 16.4. The molecular weight excluding hydrogens is 232 g/mol. The first-order valence-corrected chi connectivity index (χ1v) is 6.62. The molecule has 1 aliphatic rings. The lowest BCUT2D eigenvalue weighted by atomic mass is 9.93. The van der Waals surface area contributed by atoms with Crippen LogP contribution < -0.4 is 0 Å². The van der Waals surface area contributed by atoms with E-state index in [2.05, 4.69) is 6.92 Å². The van der Waals surface area contributed by atoms with Crippen LogP contribution in [-0.2, 0) is 4.79 Å². The number of nitrogens with zero attached hydrogens (tertiary/aromatic N) is 2. The van der Waals surface area contributed by atoms with Crippen molar-refractivity contribution in [1.82, 2.24) is 9.80 Å². The molecule has 2 amide bonds. The van der Waals surface area contributed by atoms with Gasteiger partial charge < -0.3 is 14.9 Å². The summed E-state index contributed by atoms with van der Waals surface area (Å²) in [7, 11) is 0. The maximum absolute atomic E-state index is 12.4. The maximum atomic E-state index is 12.4. The maximum Gasteiger partial charge on any atom is 0.323 e. The van der Waals surface area contributed by atoms with Gasteiger partial charge in [0.2, 0.25) is 0 Å². The van der Waals surface area contributed by atoms with Crippen LogP contribution in [0.3, 0.4) is 0 Å². The van der Waals surface area contributed by atoms with E-state index < -0.39 is 5.97 Å². The fourth-order valence-corrected chi connectivity index (χ4v) is 2.47. The van der Waals surface area contributed by atoms with Crippen LogP contribution in [0, 0.1) is 5.92 Å². The number of urea groups is 1. The van der Waals surface area contributed by atoms with Gasteiger partial charge in [-0.25, -0.2) is 4.79 Å². The smallest absolute Gasteiger partial charge is 0.323 e. The Morgan fingerprint density at radius 2 is 2.00 bits per heavy atom. The molecule has 2 atom stereocenters. The molecule has 2 unspecified atom stereocenters. The molecule has 18 heavy (non-hydrogen) atoms. The van der Waals surface area contributed by atoms with Crippen molar-refractivity contribution in [2.75, 3.05) is 13.1 Å². The summed E-state index contributed by atoms with van der Waals surface area (Å²) in [5.74, 6) is -0.328. The van der Waals surface area contributed by atoms with E-state index in [1.165, 1.54) is 4.90 Å². The SMILES string of the molecule is CC1CCN(C(=O)N(CC(=O)O)C(C)C)C(C)C1. The Labute approximate surface area is 109 Å². The lowest BCUT2D eigenvalue weighted by molar-refractivity contribution is -0.138. The van der Waals surface area contributed by atoms with Gasteiger partial charge in [0.05, 0.1) is 0 Å². The highest BCUT2D eigenvalue weighted by molar-refractivity contribution is 5.80. The quantitative estimate of drug-likeness (QED) is 0.840. The summed E-state index contributed by atoms with van der Waals surface area (Å²) in [5.41, 5.74) is 0. The van der Waals surface area contributed by atoms with Crippen LogP contribution in [-0.4, -0.2) is 52.1 Å². The Morgan fingerprint density at radius 3 is 2.44 bits per heavy atom. The van der Waals surface area contributed by atoms with Gasteiger partial charge >= 0.3 is 12.0 Å². The molecule has 0 aromatic rings. The fourth-order valence-electron chi connectivity index (χ4n) is 2.47. The Hall–Kier alpha value is -1.26. The third kappa shape index (κ3) is 3.62. The number of carbonyl (C=O) groups excluding carboxylic acids is 1. The van der Waals surface area contributed by atoms with Gasteiger partial charge in [-0.15, -0.1) is 0 Å². The molecule has 0 aliphatic carbocycles. The summed E-state index contributed by atoms with van der Waals surface area (Å²) < 4.78 is 0. The van der Waals surface area contributed by atoms with Crippen LogP contribution in [0.25, 0.3) is 0 Å². The minimum absolute atomic E-state index is 0.0971. The molecule has 0 radical (unpaired) electrons. The topological polar surface area (TPSA) is 60.9 Å². The zero-order valence-electron chi connectivity index (χ0n) is 11.7. The van der Waals surface area contributed by atoms with Crippen molar-refractivity contribution in [2.24, 2.45) is 5.92 Å². The van der Waals surface area contributed by atoms with Crippen molar-refractivity contribution >= 4 is 12.0 Å². The molecule has 1 heterocycles. The molecule has 5 nitrogen and oxygen atoms in total. The van der Waals surface area contributed by atoms with Crippen LogP contribution in [0.15, 0.2) is 0 Å². The average molecular weight is 256 g/mol. The average Bonchev–Trinajstić information content (AvgIpc) is 2.24. The molecule has 0 bridgehead atoms. The van der Waals surface area contributed by atoms with Gasteiger partial charge in [0.25, 0.3) is 0 Å². The normalized spacial score (nSPS) is 24.2. The number of hydrogen-bond acceptors (Lipinski definition) is 2. The first-order chi connectivity index (χ1) is 8.32. The van der Waals surface area contributed by atoms with E-state index in [1.54, 1.807) is 0 Å². The van der Waals surface area contributed by atoms with Crippen LogP contribution in [0.1, 0.15) is 40.5 Å². The summed E-state index contributed by atoms with van der Waals surface area (Å²) >= 11 is 0. The van der Waals surface area contributed by atoms with Crippen molar-refractivity contribution in [3.05, 3.63) is 0 Å². The highest BCUT2D eigenvalue weighted by Gasteiger charge is 2.31. The van der Waals surface area contributed by atoms with Crippen LogP contribution in [0.5, 0.6) is 0 Å². The molecule has 1 fully saturated rings. The van der Waals surface area contributed by atoms with Crippen LogP contribution in [0.2, 0.25) is 0 Å². The molecule has 0 aromatic carbocycles. The number of carboxylic acid groups (broad SMARTS) is 1. The monoisotopic (exact) mass is 256 g/mol. The molecule has 1 rings (SSSR count). The van der Waals surface area contributed by atoms with Crippen molar-refractivity contribution in [1.29, 1.82) is 0 Å². The number of hydrogen-bond donors (Lipinski definition) is 1. The van der Waals surface area contributed by atoms with E-state index >= 15 is 0 Å². The summed E-state index contributed by atoms with van der Waals surface area (Å²) in [6, 6.07) is -0.0526. The summed E-state index contributed by atoms with van der Waals surface area (Å²) in [4.78, 5) is 26.4. The summed E-state index contributed by atoms with van der Waals surface area (Å²) in [5, 5.41) is 8.88. The van der Waals surface area contributed by atoms with Gasteiger partial charge in [-0.3, -0.25) is 4.79 Å². The Kier molecular flexibility index (Phi) is 4.99. The fraction of sp³-hybridized carbons (Fsp3) is 0.846. The van der Waals surface area contributed by atoms with Gasteiger partial charge in [0, 0.05) is 18.6 Å². The van der Waals surface area contributed by atoms with E-state index in [9.17, 15) is 9.59 Å². The number of carboxylic acids is 1. The van der Waals surface area contributed by atoms with Crippen molar-refractivity contribution in [3.8, 4) is 0 Å². The second-order valence-corrected chi connectivity index (χ2v) is 5.57. The molecule has 0 saturated carbocycles. The zero-order chi connectivity index (χ0) is 13.9. The van der Waals surface area contributed by atoms with Gasteiger partial charge in [-0.2, -0.15) is 0 Å². The number of rotatable bonds is 3. The van der Waals surface area contributed by atoms with E-state index in [-0.39, 0.29) is 24.7 Å². The van der Waals surface area contributed by atoms with Gasteiger partial charge in [0.15, 0.2) is 0 Å². The predicted molar refractivity (Wildman–Crippen MR) is 69.4 cm³/mol. The molecular formula is C13H24N2O3. The largest absolute Gasteiger partial charge is 0.480 e. The number of likely N-dealkylation sites (tertiary alicyclic amines) is 1. The van der Waals surface area contributed by atoms with Gasteiger partial charge in [-0.05, 0) is 39.5 Å². The highest BCUT2D eigenvalue weighted by Crippen LogP contribution is 2.23. The second-order valence-electron chi connectivity index (χ2n) is 5.57. The molecule has 104 valence electrons. The van der Waals surface area contributed by atoms with Crippen molar-refractivity contribution < 1.29 is 14.7 Å². The number of piperidine rings is 1. The van der Waals surface area contributed by atoms with E-state index in [0.29, 0.717) is 5.92 Å². The molecule has 1 N–H and O–H groups in total. The number of aliphatic carboxylic acids is 1. The second kappa shape index (κ2) is 6.07. The van der Waals surface area contributed by atoms with Gasteiger partial charge in [-0.1, -0.05) is 6.92 Å². The summed E-state index contributed by atoms with van der Waals surface area (Å²) in [6.07, 6.45) is 1.99. The summed E-state index contributed by atoms with van der Waals surface area (Å²) in [6.45, 7) is 8.41. The first-order valence-electron chi connectivity index (χ1n) is 6.62. The Bertz CT molecular complexity index is 317. The van der Waals surface area contributed by atoms with Crippen LogP contribution in [0.4, 0.5) is 4.79 Å². The minimum Gasteiger partial charge on any atom is -0.480 e. The third-order valence-corrected chi connectivity index (χ3v) is 3.56. The number of carbonyl (C=O) groups is 2.